The summed E-state index contributed by atoms with van der Waals surface area (Å²) in [7, 11) is 0. The Balaban J connectivity index is 1.88. The summed E-state index contributed by atoms with van der Waals surface area (Å²) in [4.78, 5) is 14.4. The van der Waals surface area contributed by atoms with Gasteiger partial charge in [-0.1, -0.05) is 6.07 Å². The number of fused-ring (bicyclic) bond motifs is 1. The highest BCUT2D eigenvalue weighted by Crippen LogP contribution is 2.11. The van der Waals surface area contributed by atoms with Gasteiger partial charge in [0.05, 0.1) is 19.4 Å². The molecule has 6 nitrogen and oxygen atoms in total. The van der Waals surface area contributed by atoms with Crippen LogP contribution in [0.5, 0.6) is 0 Å². The van der Waals surface area contributed by atoms with Gasteiger partial charge in [-0.3, -0.25) is 9.30 Å². The average molecular weight is 262 g/mol. The quantitative estimate of drug-likeness (QED) is 0.793. The molecule has 1 aliphatic heterocycles. The van der Waals surface area contributed by atoms with Crippen LogP contribution in [0.25, 0.3) is 5.65 Å². The second-order valence-electron chi connectivity index (χ2n) is 5.12. The number of rotatable bonds is 2. The molecule has 0 spiro atoms. The molecule has 3 heterocycles. The zero-order valence-corrected chi connectivity index (χ0v) is 11.2. The molecule has 0 amide bonds. The summed E-state index contributed by atoms with van der Waals surface area (Å²) in [6, 6.07) is 5.85. The van der Waals surface area contributed by atoms with Gasteiger partial charge < -0.3 is 4.74 Å². The van der Waals surface area contributed by atoms with E-state index in [9.17, 15) is 4.79 Å². The van der Waals surface area contributed by atoms with Gasteiger partial charge in [0.15, 0.2) is 5.65 Å². The van der Waals surface area contributed by atoms with Crippen molar-refractivity contribution in [1.82, 2.24) is 19.1 Å². The van der Waals surface area contributed by atoms with Crippen molar-refractivity contribution in [3.8, 4) is 0 Å². The van der Waals surface area contributed by atoms with Crippen molar-refractivity contribution in [2.24, 2.45) is 0 Å². The number of morpholine rings is 1. The Bertz CT molecular complexity index is 633. The van der Waals surface area contributed by atoms with Crippen molar-refractivity contribution in [3.63, 3.8) is 0 Å². The fraction of sp³-hybridized carbons (Fsp3) is 0.538. The first-order chi connectivity index (χ1) is 9.15. The molecule has 2 aromatic rings. The maximum absolute atomic E-state index is 12.2. The lowest BCUT2D eigenvalue weighted by molar-refractivity contribution is -0.0626. The Labute approximate surface area is 111 Å². The summed E-state index contributed by atoms with van der Waals surface area (Å²) in [5, 5.41) is 4.35. The second-order valence-corrected chi connectivity index (χ2v) is 5.12. The van der Waals surface area contributed by atoms with E-state index in [1.165, 1.54) is 4.68 Å². The third-order valence-corrected chi connectivity index (χ3v) is 3.54. The standard InChI is InChI=1S/C13H18N4O2/c1-10-8-19-11(2)7-15(10)9-17-13(18)16-6-4-3-5-12(16)14-17/h3-6,10-11H,7-9H2,1-2H3/t10-,11-/m1/s1. The Morgan fingerprint density at radius 2 is 2.26 bits per heavy atom. The molecule has 102 valence electrons. The Kier molecular flexibility index (Phi) is 3.12. The van der Waals surface area contributed by atoms with E-state index in [0.29, 0.717) is 25.0 Å². The molecular formula is C13H18N4O2. The van der Waals surface area contributed by atoms with Crippen LogP contribution in [0.15, 0.2) is 29.2 Å². The summed E-state index contributed by atoms with van der Waals surface area (Å²) in [6.45, 7) is 6.18. The lowest BCUT2D eigenvalue weighted by Crippen LogP contribution is -2.49. The summed E-state index contributed by atoms with van der Waals surface area (Å²) < 4.78 is 8.67. The lowest BCUT2D eigenvalue weighted by atomic mass is 10.2. The molecule has 0 saturated carbocycles. The molecule has 3 rings (SSSR count). The van der Waals surface area contributed by atoms with E-state index in [0.717, 1.165) is 6.54 Å². The molecule has 0 aliphatic carbocycles. The highest BCUT2D eigenvalue weighted by Gasteiger charge is 2.24. The number of ether oxygens (including phenoxy) is 1. The third kappa shape index (κ3) is 2.29. The molecule has 0 unspecified atom stereocenters. The summed E-state index contributed by atoms with van der Waals surface area (Å²) in [6.07, 6.45) is 1.94. The van der Waals surface area contributed by atoms with E-state index < -0.39 is 0 Å². The fourth-order valence-corrected chi connectivity index (χ4v) is 2.40. The van der Waals surface area contributed by atoms with Gasteiger partial charge in [-0.05, 0) is 26.0 Å². The summed E-state index contributed by atoms with van der Waals surface area (Å²) in [5.74, 6) is 0. The predicted octanol–water partition coefficient (Wildman–Crippen LogP) is 0.563. The Morgan fingerprint density at radius 1 is 1.42 bits per heavy atom. The van der Waals surface area contributed by atoms with Crippen molar-refractivity contribution in [2.45, 2.75) is 32.7 Å². The van der Waals surface area contributed by atoms with Crippen LogP contribution in [-0.2, 0) is 11.4 Å². The maximum Gasteiger partial charge on any atom is 0.351 e. The first-order valence-electron chi connectivity index (χ1n) is 6.55. The Morgan fingerprint density at radius 3 is 3.05 bits per heavy atom. The molecule has 0 N–H and O–H groups in total. The molecule has 1 fully saturated rings. The van der Waals surface area contributed by atoms with Crippen LogP contribution in [0.4, 0.5) is 0 Å². The van der Waals surface area contributed by atoms with E-state index in [-0.39, 0.29) is 11.8 Å². The Hall–Kier alpha value is -1.66. The van der Waals surface area contributed by atoms with Crippen LogP contribution in [0.1, 0.15) is 13.8 Å². The van der Waals surface area contributed by atoms with Crippen molar-refractivity contribution in [2.75, 3.05) is 13.2 Å². The first-order valence-corrected chi connectivity index (χ1v) is 6.55. The SMILES string of the molecule is C[C@@H]1CN(Cn2nc3ccccn3c2=O)[C@H](C)CO1. The number of aromatic nitrogens is 3. The van der Waals surface area contributed by atoms with Gasteiger partial charge in [-0.15, -0.1) is 5.10 Å². The van der Waals surface area contributed by atoms with Crippen LogP contribution >= 0.6 is 0 Å². The van der Waals surface area contributed by atoms with E-state index in [2.05, 4.69) is 16.9 Å². The van der Waals surface area contributed by atoms with Gasteiger partial charge in [0.25, 0.3) is 0 Å². The van der Waals surface area contributed by atoms with Gasteiger partial charge in [-0.2, -0.15) is 4.68 Å². The normalized spacial score (nSPS) is 24.9. The smallest absolute Gasteiger partial charge is 0.351 e. The number of pyridine rings is 1. The number of nitrogens with zero attached hydrogens (tertiary/aromatic N) is 4. The minimum Gasteiger partial charge on any atom is -0.376 e. The van der Waals surface area contributed by atoms with E-state index in [4.69, 9.17) is 4.74 Å². The summed E-state index contributed by atoms with van der Waals surface area (Å²) in [5.41, 5.74) is 0.586. The zero-order valence-electron chi connectivity index (χ0n) is 11.2. The maximum atomic E-state index is 12.2. The molecule has 0 bridgehead atoms. The van der Waals surface area contributed by atoms with Crippen LogP contribution in [0, 0.1) is 0 Å². The van der Waals surface area contributed by atoms with Crippen LogP contribution in [-0.4, -0.2) is 44.4 Å². The summed E-state index contributed by atoms with van der Waals surface area (Å²) >= 11 is 0. The average Bonchev–Trinajstić information content (AvgIpc) is 2.72. The fourth-order valence-electron chi connectivity index (χ4n) is 2.40. The molecule has 19 heavy (non-hydrogen) atoms. The van der Waals surface area contributed by atoms with Gasteiger partial charge in [-0.25, -0.2) is 4.79 Å². The van der Waals surface area contributed by atoms with Crippen LogP contribution in [0.2, 0.25) is 0 Å². The second kappa shape index (κ2) is 4.79. The van der Waals surface area contributed by atoms with Crippen LogP contribution < -0.4 is 5.69 Å². The number of hydrogen-bond acceptors (Lipinski definition) is 4. The molecule has 2 aromatic heterocycles. The molecule has 6 heteroatoms. The highest BCUT2D eigenvalue weighted by atomic mass is 16.5. The largest absolute Gasteiger partial charge is 0.376 e. The monoisotopic (exact) mass is 262 g/mol. The molecule has 0 radical (unpaired) electrons. The molecule has 1 saturated heterocycles. The number of hydrogen-bond donors (Lipinski definition) is 0. The molecular weight excluding hydrogens is 244 g/mol. The van der Waals surface area contributed by atoms with E-state index >= 15 is 0 Å². The molecule has 1 aliphatic rings. The minimum atomic E-state index is -0.0954. The molecule has 2 atom stereocenters. The van der Waals surface area contributed by atoms with Crippen molar-refractivity contribution in [1.29, 1.82) is 0 Å². The van der Waals surface area contributed by atoms with Gasteiger partial charge in [0, 0.05) is 18.8 Å². The third-order valence-electron chi connectivity index (χ3n) is 3.54. The van der Waals surface area contributed by atoms with Gasteiger partial charge in [0.1, 0.15) is 0 Å². The lowest BCUT2D eigenvalue weighted by Gasteiger charge is -2.36. The minimum absolute atomic E-state index is 0.0954. The van der Waals surface area contributed by atoms with Gasteiger partial charge in [0.2, 0.25) is 0 Å². The molecule has 0 aromatic carbocycles. The zero-order chi connectivity index (χ0) is 13.4. The topological polar surface area (TPSA) is 51.8 Å². The highest BCUT2D eigenvalue weighted by molar-refractivity contribution is 5.35. The van der Waals surface area contributed by atoms with E-state index in [1.54, 1.807) is 10.6 Å². The van der Waals surface area contributed by atoms with Crippen molar-refractivity contribution >= 4 is 5.65 Å². The predicted molar refractivity (Wildman–Crippen MR) is 71.0 cm³/mol. The van der Waals surface area contributed by atoms with Gasteiger partial charge >= 0.3 is 5.69 Å². The van der Waals surface area contributed by atoms with Crippen molar-refractivity contribution < 1.29 is 4.74 Å². The van der Waals surface area contributed by atoms with Crippen LogP contribution in [0.3, 0.4) is 0 Å². The first kappa shape index (κ1) is 12.4. The van der Waals surface area contributed by atoms with Crippen molar-refractivity contribution in [3.05, 3.63) is 34.9 Å². The van der Waals surface area contributed by atoms with E-state index in [1.807, 2.05) is 25.1 Å².